The summed E-state index contributed by atoms with van der Waals surface area (Å²) in [6.07, 6.45) is 3.66. The maximum Gasteiger partial charge on any atom is 0.208 e. The summed E-state index contributed by atoms with van der Waals surface area (Å²) in [5.41, 5.74) is 3.64. The molecule has 2 atom stereocenters. The fourth-order valence-electron chi connectivity index (χ4n) is 4.92. The Morgan fingerprint density at radius 2 is 1.86 bits per heavy atom. The van der Waals surface area contributed by atoms with Gasteiger partial charge in [-0.2, -0.15) is 0 Å². The van der Waals surface area contributed by atoms with Gasteiger partial charge in [0.25, 0.3) is 0 Å². The van der Waals surface area contributed by atoms with Crippen LogP contribution in [-0.2, 0) is 0 Å². The van der Waals surface area contributed by atoms with Gasteiger partial charge < -0.3 is 14.6 Å². The normalized spacial score (nSPS) is 21.6. The summed E-state index contributed by atoms with van der Waals surface area (Å²) in [6, 6.07) is 17.0. The minimum absolute atomic E-state index is 0.351. The SMILES string of the molecule is CCOc1ccc(Nc2nc3ccccc3n2[C@@H]2C[C@H](C)CC(C)(C)C2)cc1. The van der Waals surface area contributed by atoms with Crippen molar-refractivity contribution in [3.05, 3.63) is 48.5 Å². The van der Waals surface area contributed by atoms with Crippen molar-refractivity contribution in [2.45, 2.75) is 53.0 Å². The molecule has 4 nitrogen and oxygen atoms in total. The zero-order valence-electron chi connectivity index (χ0n) is 17.4. The molecule has 1 heterocycles. The topological polar surface area (TPSA) is 39.1 Å². The number of nitrogens with one attached hydrogen (secondary N) is 1. The Bertz CT molecular complexity index is 942. The van der Waals surface area contributed by atoms with E-state index in [1.54, 1.807) is 0 Å². The number of rotatable bonds is 5. The van der Waals surface area contributed by atoms with Crippen LogP contribution in [0.25, 0.3) is 11.0 Å². The van der Waals surface area contributed by atoms with Gasteiger partial charge in [-0.15, -0.1) is 0 Å². The lowest BCUT2D eigenvalue weighted by atomic mass is 9.70. The van der Waals surface area contributed by atoms with E-state index in [1.165, 1.54) is 24.8 Å². The van der Waals surface area contributed by atoms with Gasteiger partial charge in [0.1, 0.15) is 5.75 Å². The Labute approximate surface area is 167 Å². The lowest BCUT2D eigenvalue weighted by Gasteiger charge is -2.40. The second-order valence-electron chi connectivity index (χ2n) is 8.94. The van der Waals surface area contributed by atoms with Gasteiger partial charge in [-0.05, 0) is 73.9 Å². The maximum absolute atomic E-state index is 5.56. The summed E-state index contributed by atoms with van der Waals surface area (Å²) in [5.74, 6) is 2.54. The zero-order valence-corrected chi connectivity index (χ0v) is 17.4. The average molecular weight is 378 g/mol. The average Bonchev–Trinajstić information content (AvgIpc) is 3.00. The molecule has 1 fully saturated rings. The van der Waals surface area contributed by atoms with Crippen LogP contribution in [0.2, 0.25) is 0 Å². The van der Waals surface area contributed by atoms with Gasteiger partial charge in [0.2, 0.25) is 5.95 Å². The molecule has 0 saturated heterocycles. The molecule has 0 amide bonds. The first-order chi connectivity index (χ1) is 13.4. The van der Waals surface area contributed by atoms with Crippen molar-refractivity contribution in [1.82, 2.24) is 9.55 Å². The molecule has 1 aliphatic carbocycles. The molecule has 2 aromatic carbocycles. The van der Waals surface area contributed by atoms with Crippen LogP contribution >= 0.6 is 0 Å². The van der Waals surface area contributed by atoms with E-state index in [2.05, 4.69) is 67.1 Å². The minimum atomic E-state index is 0.351. The van der Waals surface area contributed by atoms with Crippen LogP contribution in [0.1, 0.15) is 53.0 Å². The summed E-state index contributed by atoms with van der Waals surface area (Å²) in [4.78, 5) is 4.94. The highest BCUT2D eigenvalue weighted by molar-refractivity contribution is 5.80. The quantitative estimate of drug-likeness (QED) is 0.547. The number of ether oxygens (including phenoxy) is 1. The molecule has 0 unspecified atom stereocenters. The molecule has 0 aliphatic heterocycles. The van der Waals surface area contributed by atoms with Crippen molar-refractivity contribution in [2.75, 3.05) is 11.9 Å². The number of fused-ring (bicyclic) bond motifs is 1. The van der Waals surface area contributed by atoms with Crippen molar-refractivity contribution >= 4 is 22.7 Å². The molecular weight excluding hydrogens is 346 g/mol. The second kappa shape index (κ2) is 7.50. The maximum atomic E-state index is 5.56. The van der Waals surface area contributed by atoms with Crippen molar-refractivity contribution in [3.63, 3.8) is 0 Å². The largest absolute Gasteiger partial charge is 0.494 e. The third kappa shape index (κ3) is 3.87. The standard InChI is InChI=1S/C24H31N3O/c1-5-28-20-12-10-18(11-13-20)25-23-26-21-8-6-7-9-22(21)27(23)19-14-17(2)15-24(3,4)16-19/h6-13,17,19H,5,14-16H2,1-4H3,(H,25,26)/t17-,19+/m0/s1. The summed E-state index contributed by atoms with van der Waals surface area (Å²) in [5, 5.41) is 3.57. The Balaban J connectivity index is 1.71. The van der Waals surface area contributed by atoms with Crippen LogP contribution in [0.5, 0.6) is 5.75 Å². The van der Waals surface area contributed by atoms with E-state index in [4.69, 9.17) is 9.72 Å². The monoisotopic (exact) mass is 377 g/mol. The van der Waals surface area contributed by atoms with Gasteiger partial charge in [-0.3, -0.25) is 0 Å². The van der Waals surface area contributed by atoms with E-state index in [9.17, 15) is 0 Å². The third-order valence-corrected chi connectivity index (χ3v) is 5.75. The van der Waals surface area contributed by atoms with Crippen molar-refractivity contribution in [1.29, 1.82) is 0 Å². The first-order valence-electron chi connectivity index (χ1n) is 10.4. The van der Waals surface area contributed by atoms with E-state index in [1.807, 2.05) is 19.1 Å². The van der Waals surface area contributed by atoms with Gasteiger partial charge in [0.05, 0.1) is 17.6 Å². The van der Waals surface area contributed by atoms with Crippen LogP contribution in [-0.4, -0.2) is 16.2 Å². The number of imidazole rings is 1. The highest BCUT2D eigenvalue weighted by Crippen LogP contribution is 2.46. The minimum Gasteiger partial charge on any atom is -0.494 e. The van der Waals surface area contributed by atoms with Crippen molar-refractivity contribution in [3.8, 4) is 5.75 Å². The van der Waals surface area contributed by atoms with E-state index in [-0.39, 0.29) is 0 Å². The number of benzene rings is 2. The van der Waals surface area contributed by atoms with Crippen LogP contribution in [0, 0.1) is 11.3 Å². The number of para-hydroxylation sites is 2. The lowest BCUT2D eigenvalue weighted by molar-refractivity contribution is 0.140. The molecule has 1 N–H and O–H groups in total. The molecule has 1 aliphatic rings. The Hall–Kier alpha value is -2.49. The van der Waals surface area contributed by atoms with Gasteiger partial charge in [-0.25, -0.2) is 4.98 Å². The predicted molar refractivity (Wildman–Crippen MR) is 116 cm³/mol. The van der Waals surface area contributed by atoms with Crippen molar-refractivity contribution in [2.24, 2.45) is 11.3 Å². The Kier molecular flexibility index (Phi) is 5.05. The highest BCUT2D eigenvalue weighted by atomic mass is 16.5. The van der Waals surface area contributed by atoms with E-state index in [0.717, 1.165) is 22.9 Å². The van der Waals surface area contributed by atoms with Gasteiger partial charge in [0.15, 0.2) is 0 Å². The molecule has 148 valence electrons. The number of aromatic nitrogens is 2. The van der Waals surface area contributed by atoms with Gasteiger partial charge >= 0.3 is 0 Å². The molecule has 0 spiro atoms. The van der Waals surface area contributed by atoms with E-state index in [0.29, 0.717) is 24.0 Å². The van der Waals surface area contributed by atoms with Crippen LogP contribution in [0.3, 0.4) is 0 Å². The number of anilines is 2. The molecule has 1 aromatic heterocycles. The zero-order chi connectivity index (χ0) is 19.7. The second-order valence-corrected chi connectivity index (χ2v) is 8.94. The molecular formula is C24H31N3O. The molecule has 28 heavy (non-hydrogen) atoms. The smallest absolute Gasteiger partial charge is 0.208 e. The molecule has 1 saturated carbocycles. The summed E-state index contributed by atoms with van der Waals surface area (Å²) < 4.78 is 8.00. The Morgan fingerprint density at radius 3 is 2.57 bits per heavy atom. The Morgan fingerprint density at radius 1 is 1.11 bits per heavy atom. The number of hydrogen-bond donors (Lipinski definition) is 1. The highest BCUT2D eigenvalue weighted by Gasteiger charge is 2.34. The molecule has 4 heteroatoms. The van der Waals surface area contributed by atoms with Gasteiger partial charge in [0, 0.05) is 11.7 Å². The first kappa shape index (κ1) is 18.9. The third-order valence-electron chi connectivity index (χ3n) is 5.75. The molecule has 0 radical (unpaired) electrons. The fraction of sp³-hybridized carbons (Fsp3) is 0.458. The summed E-state index contributed by atoms with van der Waals surface area (Å²) in [7, 11) is 0. The van der Waals surface area contributed by atoms with E-state index < -0.39 is 0 Å². The number of nitrogens with zero attached hydrogens (tertiary/aromatic N) is 2. The number of hydrogen-bond acceptors (Lipinski definition) is 3. The predicted octanol–water partition coefficient (Wildman–Crippen LogP) is 6.57. The van der Waals surface area contributed by atoms with Crippen molar-refractivity contribution < 1.29 is 4.74 Å². The molecule has 0 bridgehead atoms. The first-order valence-corrected chi connectivity index (χ1v) is 10.4. The van der Waals surface area contributed by atoms with Crippen LogP contribution in [0.15, 0.2) is 48.5 Å². The molecule has 4 rings (SSSR count). The van der Waals surface area contributed by atoms with Gasteiger partial charge in [-0.1, -0.05) is 32.9 Å². The summed E-state index contributed by atoms with van der Waals surface area (Å²) >= 11 is 0. The fourth-order valence-corrected chi connectivity index (χ4v) is 4.92. The van der Waals surface area contributed by atoms with E-state index >= 15 is 0 Å². The lowest BCUT2D eigenvalue weighted by Crippen LogP contribution is -2.29. The van der Waals surface area contributed by atoms with Crippen LogP contribution in [0.4, 0.5) is 11.6 Å². The molecule has 3 aromatic rings. The van der Waals surface area contributed by atoms with Crippen LogP contribution < -0.4 is 10.1 Å². The summed E-state index contributed by atoms with van der Waals surface area (Å²) in [6.45, 7) is 9.86.